The van der Waals surface area contributed by atoms with E-state index in [0.717, 1.165) is 17.8 Å². The number of hydrogen-bond acceptors (Lipinski definition) is 3. The summed E-state index contributed by atoms with van der Waals surface area (Å²) in [5, 5.41) is 2.92. The first-order valence-corrected chi connectivity index (χ1v) is 9.74. The van der Waals surface area contributed by atoms with Crippen molar-refractivity contribution in [2.45, 2.75) is 18.2 Å². The molecule has 2 aliphatic rings. The van der Waals surface area contributed by atoms with Gasteiger partial charge in [0.2, 0.25) is 0 Å². The standard InChI is InChI=1S/C16H17N.C7H8FNS/c1-11-7-9-14(10-8-11)17-12(2)15-5-4-6-16(15)13(17)3;1-9-6-3-2-4-7(5-6)10-8/h4-5,7-10,15-16H,2-3,6H2,1H3;2-5,9H,1H3. The molecular weight excluding hydrogens is 355 g/mol. The number of hydrogen-bond donors (Lipinski definition) is 1. The van der Waals surface area contributed by atoms with Gasteiger partial charge in [-0.1, -0.05) is 49.1 Å². The second-order valence-electron chi connectivity index (χ2n) is 6.80. The molecule has 1 N–H and O–H groups in total. The molecule has 0 spiro atoms. The molecule has 1 fully saturated rings. The van der Waals surface area contributed by atoms with Crippen LogP contribution in [0.4, 0.5) is 15.3 Å². The zero-order valence-corrected chi connectivity index (χ0v) is 16.6. The summed E-state index contributed by atoms with van der Waals surface area (Å²) in [6, 6.07) is 15.8. The first kappa shape index (κ1) is 19.3. The molecule has 0 saturated carbocycles. The summed E-state index contributed by atoms with van der Waals surface area (Å²) < 4.78 is 11.9. The highest BCUT2D eigenvalue weighted by Crippen LogP contribution is 2.47. The van der Waals surface area contributed by atoms with E-state index in [9.17, 15) is 3.89 Å². The predicted molar refractivity (Wildman–Crippen MR) is 116 cm³/mol. The number of fused-ring (bicyclic) bond motifs is 1. The van der Waals surface area contributed by atoms with E-state index in [4.69, 9.17) is 0 Å². The van der Waals surface area contributed by atoms with E-state index in [-0.39, 0.29) is 12.1 Å². The first-order valence-electron chi connectivity index (χ1n) is 9.02. The lowest BCUT2D eigenvalue weighted by atomic mass is 9.96. The van der Waals surface area contributed by atoms with Gasteiger partial charge in [-0.3, -0.25) is 0 Å². The van der Waals surface area contributed by atoms with Crippen LogP contribution in [0.1, 0.15) is 12.0 Å². The van der Waals surface area contributed by atoms with Gasteiger partial charge in [0, 0.05) is 46.5 Å². The fraction of sp³-hybridized carbons (Fsp3) is 0.217. The van der Waals surface area contributed by atoms with Crippen molar-refractivity contribution < 1.29 is 3.89 Å². The number of anilines is 2. The fourth-order valence-corrected chi connectivity index (χ4v) is 3.87. The van der Waals surface area contributed by atoms with Crippen molar-refractivity contribution in [2.24, 2.45) is 11.8 Å². The fourth-order valence-electron chi connectivity index (χ4n) is 3.56. The third kappa shape index (κ3) is 4.11. The molecule has 2 nitrogen and oxygen atoms in total. The number of nitrogens with one attached hydrogen (secondary N) is 1. The van der Waals surface area contributed by atoms with Crippen molar-refractivity contribution in [1.82, 2.24) is 0 Å². The maximum atomic E-state index is 11.9. The van der Waals surface area contributed by atoms with Gasteiger partial charge >= 0.3 is 0 Å². The molecule has 0 bridgehead atoms. The van der Waals surface area contributed by atoms with Gasteiger partial charge < -0.3 is 10.2 Å². The average molecular weight is 381 g/mol. The molecule has 1 aliphatic carbocycles. The number of nitrogens with zero attached hydrogens (tertiary/aromatic N) is 1. The highest BCUT2D eigenvalue weighted by Gasteiger charge is 2.39. The molecule has 27 heavy (non-hydrogen) atoms. The van der Waals surface area contributed by atoms with E-state index < -0.39 is 0 Å². The molecule has 0 amide bonds. The smallest absolute Gasteiger partial charge is 0.0812 e. The van der Waals surface area contributed by atoms with Crippen LogP contribution in [0.15, 0.2) is 90.1 Å². The van der Waals surface area contributed by atoms with Gasteiger partial charge in [-0.15, -0.1) is 0 Å². The molecule has 2 aromatic rings. The van der Waals surface area contributed by atoms with Gasteiger partial charge in [-0.25, -0.2) is 0 Å². The van der Waals surface area contributed by atoms with Crippen molar-refractivity contribution in [1.29, 1.82) is 0 Å². The van der Waals surface area contributed by atoms with Crippen molar-refractivity contribution in [2.75, 3.05) is 17.3 Å². The second-order valence-corrected chi connectivity index (χ2v) is 7.43. The van der Waals surface area contributed by atoms with E-state index in [1.807, 2.05) is 19.2 Å². The first-order chi connectivity index (χ1) is 13.0. The Morgan fingerprint density at radius 2 is 1.85 bits per heavy atom. The molecule has 0 aromatic heterocycles. The Balaban J connectivity index is 0.000000180. The summed E-state index contributed by atoms with van der Waals surface area (Å²) in [7, 11) is 1.81. The maximum absolute atomic E-state index is 11.9. The van der Waals surface area contributed by atoms with E-state index in [2.05, 4.69) is 66.7 Å². The summed E-state index contributed by atoms with van der Waals surface area (Å²) in [4.78, 5) is 2.85. The van der Waals surface area contributed by atoms with Gasteiger partial charge in [0.15, 0.2) is 0 Å². The highest BCUT2D eigenvalue weighted by molar-refractivity contribution is 7.94. The van der Waals surface area contributed by atoms with E-state index in [1.54, 1.807) is 12.1 Å². The summed E-state index contributed by atoms with van der Waals surface area (Å²) in [5.74, 6) is 0.993. The van der Waals surface area contributed by atoms with E-state index in [0.29, 0.717) is 16.7 Å². The predicted octanol–water partition coefficient (Wildman–Crippen LogP) is 6.74. The minimum Gasteiger partial charge on any atom is -0.388 e. The third-order valence-electron chi connectivity index (χ3n) is 5.06. The Kier molecular flexibility index (Phi) is 6.07. The number of benzene rings is 2. The lowest BCUT2D eigenvalue weighted by Crippen LogP contribution is -2.15. The van der Waals surface area contributed by atoms with Crippen molar-refractivity contribution in [3.63, 3.8) is 0 Å². The van der Waals surface area contributed by atoms with Gasteiger partial charge in [0.25, 0.3) is 0 Å². The van der Waals surface area contributed by atoms with Crippen LogP contribution >= 0.6 is 12.1 Å². The molecule has 2 aromatic carbocycles. The number of halogens is 1. The summed E-state index contributed by atoms with van der Waals surface area (Å²) in [6.45, 7) is 10.6. The Labute approximate surface area is 165 Å². The highest BCUT2D eigenvalue weighted by atomic mass is 32.2. The lowest BCUT2D eigenvalue weighted by molar-refractivity contribution is 0.604. The van der Waals surface area contributed by atoms with Crippen LogP contribution in [0.25, 0.3) is 0 Å². The Morgan fingerprint density at radius 3 is 2.48 bits per heavy atom. The Hall–Kier alpha value is -2.46. The van der Waals surface area contributed by atoms with E-state index in [1.165, 1.54) is 16.9 Å². The minimum atomic E-state index is 0.258. The molecule has 0 radical (unpaired) electrons. The maximum Gasteiger partial charge on any atom is 0.0812 e. The SMILES string of the molecule is C=C1C2C=CCC2C(=C)N1c1ccc(C)cc1.CNc1cccc(SF)c1. The van der Waals surface area contributed by atoms with Crippen LogP contribution in [0.3, 0.4) is 0 Å². The topological polar surface area (TPSA) is 15.3 Å². The van der Waals surface area contributed by atoms with Gasteiger partial charge in [-0.05, 0) is 43.7 Å². The van der Waals surface area contributed by atoms with Crippen LogP contribution in [-0.2, 0) is 0 Å². The number of aryl methyl sites for hydroxylation is 1. The normalized spacial score (nSPS) is 20.3. The van der Waals surface area contributed by atoms with Gasteiger partial charge in [-0.2, -0.15) is 3.89 Å². The monoisotopic (exact) mass is 380 g/mol. The van der Waals surface area contributed by atoms with Crippen molar-refractivity contribution in [3.05, 3.63) is 90.8 Å². The van der Waals surface area contributed by atoms with Crippen LogP contribution in [-0.4, -0.2) is 7.05 Å². The summed E-state index contributed by atoms with van der Waals surface area (Å²) in [5.41, 5.74) is 5.76. The minimum absolute atomic E-state index is 0.258. The van der Waals surface area contributed by atoms with Gasteiger partial charge in [0.05, 0.1) is 12.1 Å². The number of rotatable bonds is 3. The molecule has 2 unspecified atom stereocenters. The van der Waals surface area contributed by atoms with Crippen LogP contribution < -0.4 is 10.2 Å². The average Bonchev–Trinajstić information content (AvgIpc) is 3.27. The zero-order chi connectivity index (χ0) is 19.4. The third-order valence-corrected chi connectivity index (χ3v) is 5.49. The quantitative estimate of drug-likeness (QED) is 0.594. The molecule has 1 aliphatic heterocycles. The summed E-state index contributed by atoms with van der Waals surface area (Å²) >= 11 is 0.258. The largest absolute Gasteiger partial charge is 0.388 e. The Bertz CT molecular complexity index is 838. The Morgan fingerprint density at radius 1 is 1.11 bits per heavy atom. The van der Waals surface area contributed by atoms with Gasteiger partial charge in [0.1, 0.15) is 0 Å². The second kappa shape index (κ2) is 8.49. The molecule has 4 rings (SSSR count). The zero-order valence-electron chi connectivity index (χ0n) is 15.8. The van der Waals surface area contributed by atoms with Crippen molar-refractivity contribution >= 4 is 23.5 Å². The summed E-state index contributed by atoms with van der Waals surface area (Å²) in [6.07, 6.45) is 5.62. The van der Waals surface area contributed by atoms with Crippen LogP contribution in [0, 0.1) is 18.8 Å². The molecule has 1 heterocycles. The molecule has 140 valence electrons. The molecule has 4 heteroatoms. The van der Waals surface area contributed by atoms with Crippen LogP contribution in [0.2, 0.25) is 0 Å². The van der Waals surface area contributed by atoms with Crippen LogP contribution in [0.5, 0.6) is 0 Å². The van der Waals surface area contributed by atoms with E-state index >= 15 is 0 Å². The molecule has 1 saturated heterocycles. The number of allylic oxidation sites excluding steroid dienone is 3. The molecular formula is C23H25FN2S. The lowest BCUT2D eigenvalue weighted by Gasteiger charge is -2.22. The van der Waals surface area contributed by atoms with Crippen molar-refractivity contribution in [3.8, 4) is 0 Å². The molecule has 2 atom stereocenters.